The summed E-state index contributed by atoms with van der Waals surface area (Å²) in [4.78, 5) is 11.7. The van der Waals surface area contributed by atoms with Crippen LogP contribution in [0.4, 0.5) is 0 Å². The summed E-state index contributed by atoms with van der Waals surface area (Å²) >= 11 is 0. The fraction of sp³-hybridized carbons (Fsp3) is 0.909. The van der Waals surface area contributed by atoms with E-state index < -0.39 is 0 Å². The van der Waals surface area contributed by atoms with Gasteiger partial charge in [-0.3, -0.25) is 4.79 Å². The molecule has 0 saturated carbocycles. The number of carbonyl (C=O) groups excluding carboxylic acids is 1. The Kier molecular flexibility index (Phi) is 4.43. The van der Waals surface area contributed by atoms with Gasteiger partial charge >= 0.3 is 0 Å². The third-order valence-electron chi connectivity index (χ3n) is 2.92. The van der Waals surface area contributed by atoms with Gasteiger partial charge in [-0.1, -0.05) is 20.3 Å². The number of ether oxygens (including phenoxy) is 1. The summed E-state index contributed by atoms with van der Waals surface area (Å²) in [6.45, 7) is 5.84. The van der Waals surface area contributed by atoms with Crippen molar-refractivity contribution in [2.45, 2.75) is 39.5 Å². The van der Waals surface area contributed by atoms with Crippen LogP contribution in [-0.4, -0.2) is 19.0 Å². The van der Waals surface area contributed by atoms with Gasteiger partial charge in [0.1, 0.15) is 5.78 Å². The molecule has 0 bridgehead atoms. The van der Waals surface area contributed by atoms with Gasteiger partial charge in [0, 0.05) is 25.6 Å². The second-order valence-electron chi connectivity index (χ2n) is 4.07. The molecule has 1 rings (SSSR count). The lowest BCUT2D eigenvalue weighted by Crippen LogP contribution is -2.24. The molecule has 1 heterocycles. The van der Waals surface area contributed by atoms with Gasteiger partial charge in [-0.15, -0.1) is 0 Å². The predicted molar refractivity (Wildman–Crippen MR) is 52.6 cm³/mol. The lowest BCUT2D eigenvalue weighted by Gasteiger charge is -2.21. The van der Waals surface area contributed by atoms with Gasteiger partial charge in [-0.2, -0.15) is 0 Å². The quantitative estimate of drug-likeness (QED) is 0.670. The molecule has 0 aliphatic carbocycles. The smallest absolute Gasteiger partial charge is 0.136 e. The van der Waals surface area contributed by atoms with Gasteiger partial charge in [0.15, 0.2) is 0 Å². The lowest BCUT2D eigenvalue weighted by atomic mass is 9.89. The summed E-state index contributed by atoms with van der Waals surface area (Å²) in [5, 5.41) is 0. The number of ketones is 1. The molecule has 0 aromatic rings. The van der Waals surface area contributed by atoms with E-state index in [-0.39, 0.29) is 0 Å². The highest BCUT2D eigenvalue weighted by molar-refractivity contribution is 5.81. The molecule has 0 amide bonds. The highest BCUT2D eigenvalue weighted by atomic mass is 16.5. The Bertz CT molecular complexity index is 159. The molecule has 0 spiro atoms. The molecule has 76 valence electrons. The first kappa shape index (κ1) is 10.7. The fourth-order valence-electron chi connectivity index (χ4n) is 1.67. The molecule has 1 atom stereocenters. The van der Waals surface area contributed by atoms with Crippen LogP contribution in [0.15, 0.2) is 0 Å². The van der Waals surface area contributed by atoms with Crippen molar-refractivity contribution < 1.29 is 9.53 Å². The summed E-state index contributed by atoms with van der Waals surface area (Å²) in [6.07, 6.45) is 3.75. The number of rotatable bonds is 4. The van der Waals surface area contributed by atoms with Gasteiger partial charge in [0.2, 0.25) is 0 Å². The van der Waals surface area contributed by atoms with Crippen molar-refractivity contribution >= 4 is 5.78 Å². The Morgan fingerprint density at radius 2 is 2.08 bits per heavy atom. The molecule has 0 radical (unpaired) electrons. The highest BCUT2D eigenvalue weighted by Crippen LogP contribution is 2.20. The molecule has 1 saturated heterocycles. The Morgan fingerprint density at radius 1 is 1.46 bits per heavy atom. The molecule has 0 aromatic heterocycles. The van der Waals surface area contributed by atoms with Gasteiger partial charge in [-0.25, -0.2) is 0 Å². The maximum Gasteiger partial charge on any atom is 0.136 e. The zero-order chi connectivity index (χ0) is 9.68. The topological polar surface area (TPSA) is 26.3 Å². The highest BCUT2D eigenvalue weighted by Gasteiger charge is 2.22. The number of Topliss-reactive ketones (excluding diaryl/α,β-unsaturated/α-hetero) is 1. The Morgan fingerprint density at radius 3 is 2.62 bits per heavy atom. The van der Waals surface area contributed by atoms with Crippen molar-refractivity contribution in [3.8, 4) is 0 Å². The third kappa shape index (κ3) is 3.47. The van der Waals surface area contributed by atoms with Crippen LogP contribution in [-0.2, 0) is 9.53 Å². The van der Waals surface area contributed by atoms with Crippen LogP contribution in [0.5, 0.6) is 0 Å². The molecular formula is C11H20O2. The second kappa shape index (κ2) is 5.38. The molecule has 0 aromatic carbocycles. The summed E-state index contributed by atoms with van der Waals surface area (Å²) in [7, 11) is 0. The molecule has 0 N–H and O–H groups in total. The minimum absolute atomic E-state index is 0.294. The zero-order valence-corrected chi connectivity index (χ0v) is 8.71. The largest absolute Gasteiger partial charge is 0.381 e. The Labute approximate surface area is 80.7 Å². The predicted octanol–water partition coefficient (Wildman–Crippen LogP) is 2.42. The Hall–Kier alpha value is -0.370. The van der Waals surface area contributed by atoms with E-state index in [4.69, 9.17) is 4.74 Å². The first-order valence-corrected chi connectivity index (χ1v) is 5.34. The zero-order valence-electron chi connectivity index (χ0n) is 8.71. The van der Waals surface area contributed by atoms with Crippen LogP contribution in [0.1, 0.15) is 39.5 Å². The molecule has 1 fully saturated rings. The van der Waals surface area contributed by atoms with Gasteiger partial charge in [-0.05, 0) is 18.8 Å². The van der Waals surface area contributed by atoms with Crippen LogP contribution in [0, 0.1) is 11.8 Å². The summed E-state index contributed by atoms with van der Waals surface area (Å²) in [5.41, 5.74) is 0. The van der Waals surface area contributed by atoms with Crippen LogP contribution >= 0.6 is 0 Å². The maximum atomic E-state index is 11.7. The van der Waals surface area contributed by atoms with Crippen molar-refractivity contribution in [1.29, 1.82) is 0 Å². The molecule has 1 aliphatic heterocycles. The van der Waals surface area contributed by atoms with Gasteiger partial charge in [0.05, 0.1) is 0 Å². The number of hydrogen-bond donors (Lipinski definition) is 0. The van der Waals surface area contributed by atoms with Crippen molar-refractivity contribution in [2.75, 3.05) is 13.2 Å². The van der Waals surface area contributed by atoms with E-state index in [0.717, 1.165) is 38.9 Å². The first-order chi connectivity index (χ1) is 6.24. The van der Waals surface area contributed by atoms with E-state index in [0.29, 0.717) is 17.6 Å². The SMILES string of the molecule is CCC(C)CC(=O)C1CCOCC1. The van der Waals surface area contributed by atoms with Crippen LogP contribution in [0.2, 0.25) is 0 Å². The van der Waals surface area contributed by atoms with Crippen molar-refractivity contribution in [3.63, 3.8) is 0 Å². The van der Waals surface area contributed by atoms with E-state index in [2.05, 4.69) is 13.8 Å². The van der Waals surface area contributed by atoms with Crippen LogP contribution in [0.3, 0.4) is 0 Å². The van der Waals surface area contributed by atoms with Gasteiger partial charge < -0.3 is 4.74 Å². The lowest BCUT2D eigenvalue weighted by molar-refractivity contribution is -0.126. The number of hydrogen-bond acceptors (Lipinski definition) is 2. The fourth-order valence-corrected chi connectivity index (χ4v) is 1.67. The van der Waals surface area contributed by atoms with E-state index in [1.54, 1.807) is 0 Å². The molecule has 1 aliphatic rings. The standard InChI is InChI=1S/C11H20O2/c1-3-9(2)8-11(12)10-4-6-13-7-5-10/h9-10H,3-8H2,1-2H3. The van der Waals surface area contributed by atoms with E-state index >= 15 is 0 Å². The van der Waals surface area contributed by atoms with Crippen molar-refractivity contribution in [2.24, 2.45) is 11.8 Å². The molecular weight excluding hydrogens is 164 g/mol. The van der Waals surface area contributed by atoms with Gasteiger partial charge in [0.25, 0.3) is 0 Å². The minimum Gasteiger partial charge on any atom is -0.381 e. The molecule has 13 heavy (non-hydrogen) atoms. The summed E-state index contributed by atoms with van der Waals surface area (Å²) in [6, 6.07) is 0. The van der Waals surface area contributed by atoms with E-state index in [9.17, 15) is 4.79 Å². The second-order valence-corrected chi connectivity index (χ2v) is 4.07. The van der Waals surface area contributed by atoms with Crippen LogP contribution in [0.25, 0.3) is 0 Å². The third-order valence-corrected chi connectivity index (χ3v) is 2.92. The molecule has 1 unspecified atom stereocenters. The first-order valence-electron chi connectivity index (χ1n) is 5.34. The van der Waals surface area contributed by atoms with Crippen molar-refractivity contribution in [3.05, 3.63) is 0 Å². The maximum absolute atomic E-state index is 11.7. The average molecular weight is 184 g/mol. The summed E-state index contributed by atoms with van der Waals surface area (Å²) < 4.78 is 5.23. The number of carbonyl (C=O) groups is 1. The normalized spacial score (nSPS) is 21.4. The van der Waals surface area contributed by atoms with Crippen LogP contribution < -0.4 is 0 Å². The Balaban J connectivity index is 2.29. The minimum atomic E-state index is 0.294. The average Bonchev–Trinajstić information content (AvgIpc) is 2.19. The van der Waals surface area contributed by atoms with E-state index in [1.807, 2.05) is 0 Å². The van der Waals surface area contributed by atoms with E-state index in [1.165, 1.54) is 0 Å². The summed E-state index contributed by atoms with van der Waals surface area (Å²) in [5.74, 6) is 1.30. The molecule has 2 nitrogen and oxygen atoms in total. The van der Waals surface area contributed by atoms with Crippen molar-refractivity contribution in [1.82, 2.24) is 0 Å². The monoisotopic (exact) mass is 184 g/mol. The molecule has 2 heteroatoms.